The van der Waals surface area contributed by atoms with Gasteiger partial charge in [0.2, 0.25) is 0 Å². The van der Waals surface area contributed by atoms with Gasteiger partial charge < -0.3 is 5.32 Å². The maximum atomic E-state index is 12.0. The molecule has 0 spiro atoms. The quantitative estimate of drug-likeness (QED) is 0.753. The Bertz CT molecular complexity index is 656. The second-order valence-electron chi connectivity index (χ2n) is 4.41. The van der Waals surface area contributed by atoms with Gasteiger partial charge in [-0.25, -0.2) is 0 Å². The molecule has 3 rings (SSSR count). The molecule has 0 radical (unpaired) electrons. The molecule has 0 saturated carbocycles. The van der Waals surface area contributed by atoms with Gasteiger partial charge in [-0.15, -0.1) is 0 Å². The van der Waals surface area contributed by atoms with E-state index in [4.69, 9.17) is 0 Å². The van der Waals surface area contributed by atoms with Gasteiger partial charge >= 0.3 is 0 Å². The number of benzene rings is 2. The highest BCUT2D eigenvalue weighted by Gasteiger charge is 2.23. The van der Waals surface area contributed by atoms with Crippen molar-refractivity contribution in [2.24, 2.45) is 0 Å². The van der Waals surface area contributed by atoms with Crippen LogP contribution in [0, 0.1) is 6.92 Å². The normalized spacial score (nSPS) is 15.6. The van der Waals surface area contributed by atoms with Crippen molar-refractivity contribution in [1.29, 1.82) is 0 Å². The van der Waals surface area contributed by atoms with E-state index in [0.717, 1.165) is 22.4 Å². The Labute approximate surface area is 106 Å². The second kappa shape index (κ2) is 4.15. The van der Waals surface area contributed by atoms with Crippen LogP contribution in [0.2, 0.25) is 0 Å². The molecule has 1 amide bonds. The summed E-state index contributed by atoms with van der Waals surface area (Å²) in [6.07, 6.45) is 1.95. The van der Waals surface area contributed by atoms with E-state index in [9.17, 15) is 4.79 Å². The molecule has 0 bridgehead atoms. The molecule has 1 N–H and O–H groups in total. The molecule has 1 aliphatic heterocycles. The van der Waals surface area contributed by atoms with Crippen LogP contribution in [0.3, 0.4) is 0 Å². The topological polar surface area (TPSA) is 29.1 Å². The molecule has 0 fully saturated rings. The number of hydrogen-bond acceptors (Lipinski definition) is 1. The average Bonchev–Trinajstić information content (AvgIpc) is 2.69. The first kappa shape index (κ1) is 10.8. The highest BCUT2D eigenvalue weighted by Crippen LogP contribution is 2.32. The predicted octanol–water partition coefficient (Wildman–Crippen LogP) is 3.49. The van der Waals surface area contributed by atoms with Crippen LogP contribution in [0.5, 0.6) is 0 Å². The van der Waals surface area contributed by atoms with Crippen LogP contribution in [0.1, 0.15) is 16.7 Å². The highest BCUT2D eigenvalue weighted by molar-refractivity contribution is 6.34. The molecular formula is C16H13NO. The third-order valence-electron chi connectivity index (χ3n) is 3.20. The van der Waals surface area contributed by atoms with Crippen LogP contribution in [0.25, 0.3) is 11.6 Å². The molecule has 0 saturated heterocycles. The zero-order valence-corrected chi connectivity index (χ0v) is 10.1. The molecule has 2 nitrogen and oxygen atoms in total. The Morgan fingerprint density at radius 1 is 1.00 bits per heavy atom. The summed E-state index contributed by atoms with van der Waals surface area (Å²) < 4.78 is 0. The van der Waals surface area contributed by atoms with Gasteiger partial charge in [-0.2, -0.15) is 0 Å². The molecule has 18 heavy (non-hydrogen) atoms. The number of nitrogens with one attached hydrogen (secondary N) is 1. The van der Waals surface area contributed by atoms with E-state index in [1.807, 2.05) is 61.5 Å². The number of amides is 1. The van der Waals surface area contributed by atoms with Crippen molar-refractivity contribution in [1.82, 2.24) is 0 Å². The summed E-state index contributed by atoms with van der Waals surface area (Å²) in [4.78, 5) is 12.0. The van der Waals surface area contributed by atoms with Crippen LogP contribution in [-0.4, -0.2) is 5.91 Å². The highest BCUT2D eigenvalue weighted by atomic mass is 16.1. The van der Waals surface area contributed by atoms with Gasteiger partial charge in [0, 0.05) is 16.8 Å². The number of para-hydroxylation sites is 1. The molecule has 2 heteroatoms. The fourth-order valence-corrected chi connectivity index (χ4v) is 2.19. The Morgan fingerprint density at radius 3 is 2.56 bits per heavy atom. The summed E-state index contributed by atoms with van der Waals surface area (Å²) in [6.45, 7) is 2.05. The Morgan fingerprint density at radius 2 is 1.72 bits per heavy atom. The first-order chi connectivity index (χ1) is 8.75. The lowest BCUT2D eigenvalue weighted by Gasteiger charge is -2.01. The molecule has 1 aliphatic rings. The fourth-order valence-electron chi connectivity index (χ4n) is 2.19. The van der Waals surface area contributed by atoms with Crippen molar-refractivity contribution in [3.05, 3.63) is 65.2 Å². The molecule has 88 valence electrons. The third kappa shape index (κ3) is 1.72. The summed E-state index contributed by atoms with van der Waals surface area (Å²) in [5.74, 6) is -0.0283. The fraction of sp³-hybridized carbons (Fsp3) is 0.0625. The Hall–Kier alpha value is -2.35. The lowest BCUT2D eigenvalue weighted by atomic mass is 10.0. The van der Waals surface area contributed by atoms with E-state index >= 15 is 0 Å². The molecule has 2 aromatic rings. The lowest BCUT2D eigenvalue weighted by molar-refractivity contribution is -0.110. The summed E-state index contributed by atoms with van der Waals surface area (Å²) in [5, 5.41) is 2.88. The van der Waals surface area contributed by atoms with Gasteiger partial charge in [-0.3, -0.25) is 4.79 Å². The van der Waals surface area contributed by atoms with Gasteiger partial charge in [-0.1, -0.05) is 42.5 Å². The van der Waals surface area contributed by atoms with Crippen molar-refractivity contribution in [2.75, 3.05) is 5.32 Å². The van der Waals surface area contributed by atoms with E-state index in [-0.39, 0.29) is 5.91 Å². The molecule has 0 aliphatic carbocycles. The van der Waals surface area contributed by atoms with E-state index in [2.05, 4.69) is 5.32 Å². The first-order valence-electron chi connectivity index (χ1n) is 5.94. The SMILES string of the molecule is Cc1ccccc1/C=C1/C(=O)Nc2ccccc21. The van der Waals surface area contributed by atoms with Crippen molar-refractivity contribution >= 4 is 23.2 Å². The minimum atomic E-state index is -0.0283. The number of anilines is 1. The predicted molar refractivity (Wildman–Crippen MR) is 74.1 cm³/mol. The summed E-state index contributed by atoms with van der Waals surface area (Å²) in [7, 11) is 0. The maximum absolute atomic E-state index is 12.0. The molecule has 0 unspecified atom stereocenters. The maximum Gasteiger partial charge on any atom is 0.256 e. The minimum Gasteiger partial charge on any atom is -0.321 e. The number of carbonyl (C=O) groups is 1. The van der Waals surface area contributed by atoms with Gasteiger partial charge in [0.25, 0.3) is 5.91 Å². The second-order valence-corrected chi connectivity index (χ2v) is 4.41. The van der Waals surface area contributed by atoms with Crippen molar-refractivity contribution in [2.45, 2.75) is 6.92 Å². The minimum absolute atomic E-state index is 0.0283. The lowest BCUT2D eigenvalue weighted by Crippen LogP contribution is -2.03. The van der Waals surface area contributed by atoms with Gasteiger partial charge in [0.05, 0.1) is 0 Å². The molecule has 1 heterocycles. The van der Waals surface area contributed by atoms with Crippen molar-refractivity contribution in [3.8, 4) is 0 Å². The van der Waals surface area contributed by atoms with E-state index in [1.54, 1.807) is 0 Å². The number of aryl methyl sites for hydroxylation is 1. The number of hydrogen-bond donors (Lipinski definition) is 1. The monoisotopic (exact) mass is 235 g/mol. The zero-order valence-electron chi connectivity index (χ0n) is 10.1. The molecule has 0 aromatic heterocycles. The summed E-state index contributed by atoms with van der Waals surface area (Å²) in [6, 6.07) is 15.8. The summed E-state index contributed by atoms with van der Waals surface area (Å²) >= 11 is 0. The van der Waals surface area contributed by atoms with Crippen LogP contribution in [0.15, 0.2) is 48.5 Å². The van der Waals surface area contributed by atoms with Crippen LogP contribution in [-0.2, 0) is 4.79 Å². The van der Waals surface area contributed by atoms with E-state index < -0.39 is 0 Å². The largest absolute Gasteiger partial charge is 0.321 e. The van der Waals surface area contributed by atoms with Crippen LogP contribution >= 0.6 is 0 Å². The van der Waals surface area contributed by atoms with Gasteiger partial charge in [0.15, 0.2) is 0 Å². The van der Waals surface area contributed by atoms with Crippen LogP contribution < -0.4 is 5.32 Å². The third-order valence-corrected chi connectivity index (χ3v) is 3.20. The average molecular weight is 235 g/mol. The smallest absolute Gasteiger partial charge is 0.256 e. The van der Waals surface area contributed by atoms with Gasteiger partial charge in [-0.05, 0) is 30.2 Å². The number of carbonyl (C=O) groups excluding carboxylic acids is 1. The van der Waals surface area contributed by atoms with E-state index in [1.165, 1.54) is 5.56 Å². The van der Waals surface area contributed by atoms with E-state index in [0.29, 0.717) is 0 Å². The molecule has 0 atom stereocenters. The Balaban J connectivity index is 2.13. The van der Waals surface area contributed by atoms with Crippen LogP contribution in [0.4, 0.5) is 5.69 Å². The van der Waals surface area contributed by atoms with Gasteiger partial charge in [0.1, 0.15) is 0 Å². The van der Waals surface area contributed by atoms with Crippen molar-refractivity contribution in [3.63, 3.8) is 0 Å². The Kier molecular flexibility index (Phi) is 2.49. The first-order valence-corrected chi connectivity index (χ1v) is 5.94. The molecule has 2 aromatic carbocycles. The standard InChI is InChI=1S/C16H13NO/c1-11-6-2-3-7-12(11)10-14-13-8-4-5-9-15(13)17-16(14)18/h2-10H,1H3,(H,17,18)/b14-10+. The zero-order chi connectivity index (χ0) is 12.5. The number of rotatable bonds is 1. The molecular weight excluding hydrogens is 222 g/mol. The summed E-state index contributed by atoms with van der Waals surface area (Å²) in [5.41, 5.74) is 4.86. The van der Waals surface area contributed by atoms with Crippen molar-refractivity contribution < 1.29 is 4.79 Å². The number of fused-ring (bicyclic) bond motifs is 1.